The number of thiophene rings is 1. The lowest BCUT2D eigenvalue weighted by molar-refractivity contribution is 0.0948. The smallest absolute Gasteiger partial charge is 0.261 e. The third kappa shape index (κ3) is 4.69. The molecule has 1 aliphatic rings. The molecule has 0 bridgehead atoms. The van der Waals surface area contributed by atoms with Crippen LogP contribution in [0, 0.1) is 5.92 Å². The van der Waals surface area contributed by atoms with Crippen LogP contribution in [0.2, 0.25) is 0 Å². The van der Waals surface area contributed by atoms with Crippen molar-refractivity contribution < 1.29 is 13.2 Å². The Balaban J connectivity index is 1.50. The molecule has 0 unspecified atom stereocenters. The van der Waals surface area contributed by atoms with Crippen LogP contribution in [-0.4, -0.2) is 40.2 Å². The van der Waals surface area contributed by atoms with E-state index in [9.17, 15) is 13.2 Å². The topological polar surface area (TPSA) is 75.3 Å². The molecule has 1 aliphatic heterocycles. The molecule has 2 aromatic carbocycles. The SMILES string of the molecule is CS(=O)(=O)c1ccc(-c2ccc3cc(C(=O)NCC4CCNCC4)sc3c2)cc1. The summed E-state index contributed by atoms with van der Waals surface area (Å²) in [7, 11) is -3.20. The third-order valence-electron chi connectivity index (χ3n) is 5.37. The van der Waals surface area contributed by atoms with Crippen LogP contribution in [0.4, 0.5) is 0 Å². The fraction of sp³-hybridized carbons (Fsp3) is 0.318. The Morgan fingerprint density at radius 3 is 2.45 bits per heavy atom. The minimum atomic E-state index is -3.20. The monoisotopic (exact) mass is 428 g/mol. The molecule has 2 heterocycles. The van der Waals surface area contributed by atoms with Crippen molar-refractivity contribution in [2.45, 2.75) is 17.7 Å². The lowest BCUT2D eigenvalue weighted by Gasteiger charge is -2.22. The van der Waals surface area contributed by atoms with Gasteiger partial charge in [-0.15, -0.1) is 11.3 Å². The second-order valence-electron chi connectivity index (χ2n) is 7.56. The molecule has 1 saturated heterocycles. The van der Waals surface area contributed by atoms with E-state index in [0.717, 1.165) is 58.6 Å². The molecule has 5 nitrogen and oxygen atoms in total. The molecule has 152 valence electrons. The molecule has 4 rings (SSSR count). The lowest BCUT2D eigenvalue weighted by atomic mass is 9.98. The van der Waals surface area contributed by atoms with Crippen molar-refractivity contribution in [2.24, 2.45) is 5.92 Å². The standard InChI is InChI=1S/C22H24N2O3S2/c1-29(26,27)19-6-4-16(5-7-19)17-2-3-18-13-21(28-20(18)12-17)22(25)24-14-15-8-10-23-11-9-15/h2-7,12-13,15,23H,8-11,14H2,1H3,(H,24,25). The van der Waals surface area contributed by atoms with Gasteiger partial charge in [0.05, 0.1) is 9.77 Å². The zero-order chi connectivity index (χ0) is 20.4. The molecule has 29 heavy (non-hydrogen) atoms. The second-order valence-corrected chi connectivity index (χ2v) is 10.7. The van der Waals surface area contributed by atoms with Gasteiger partial charge in [0, 0.05) is 17.5 Å². The number of carbonyl (C=O) groups is 1. The van der Waals surface area contributed by atoms with Crippen molar-refractivity contribution in [3.8, 4) is 11.1 Å². The van der Waals surface area contributed by atoms with Crippen molar-refractivity contribution in [1.29, 1.82) is 0 Å². The van der Waals surface area contributed by atoms with Crippen LogP contribution in [0.1, 0.15) is 22.5 Å². The van der Waals surface area contributed by atoms with Gasteiger partial charge >= 0.3 is 0 Å². The van der Waals surface area contributed by atoms with Crippen LogP contribution in [0.3, 0.4) is 0 Å². The van der Waals surface area contributed by atoms with Gasteiger partial charge in [-0.05, 0) is 72.6 Å². The van der Waals surface area contributed by atoms with E-state index >= 15 is 0 Å². The van der Waals surface area contributed by atoms with E-state index in [4.69, 9.17) is 0 Å². The molecule has 0 aliphatic carbocycles. The van der Waals surface area contributed by atoms with Crippen LogP contribution in [-0.2, 0) is 9.84 Å². The highest BCUT2D eigenvalue weighted by Gasteiger charge is 2.16. The van der Waals surface area contributed by atoms with Crippen LogP contribution < -0.4 is 10.6 Å². The molecule has 0 saturated carbocycles. The minimum absolute atomic E-state index is 0.0104. The molecule has 0 atom stereocenters. The Hall–Kier alpha value is -2.22. The first kappa shape index (κ1) is 20.1. The number of hydrogen-bond acceptors (Lipinski definition) is 5. The Bertz CT molecular complexity index is 1130. The third-order valence-corrected chi connectivity index (χ3v) is 7.59. The normalized spacial score (nSPS) is 15.5. The van der Waals surface area contributed by atoms with Crippen LogP contribution in [0.5, 0.6) is 0 Å². The zero-order valence-electron chi connectivity index (χ0n) is 16.3. The van der Waals surface area contributed by atoms with E-state index in [1.807, 2.05) is 30.3 Å². The van der Waals surface area contributed by atoms with Gasteiger partial charge in [-0.1, -0.05) is 24.3 Å². The summed E-state index contributed by atoms with van der Waals surface area (Å²) in [6, 6.07) is 14.9. The number of benzene rings is 2. The molecule has 1 aromatic heterocycles. The maximum Gasteiger partial charge on any atom is 0.261 e. The number of hydrogen-bond donors (Lipinski definition) is 2. The highest BCUT2D eigenvalue weighted by atomic mass is 32.2. The molecule has 0 radical (unpaired) electrons. The number of sulfone groups is 1. The van der Waals surface area contributed by atoms with Crippen LogP contribution >= 0.6 is 11.3 Å². The maximum absolute atomic E-state index is 12.6. The predicted molar refractivity (Wildman–Crippen MR) is 118 cm³/mol. The van der Waals surface area contributed by atoms with Crippen molar-refractivity contribution >= 4 is 37.2 Å². The highest BCUT2D eigenvalue weighted by molar-refractivity contribution is 7.90. The summed E-state index contributed by atoms with van der Waals surface area (Å²) in [6.07, 6.45) is 3.42. The average molecular weight is 429 g/mol. The predicted octanol–water partition coefficient (Wildman–Crippen LogP) is 3.70. The van der Waals surface area contributed by atoms with Gasteiger partial charge in [-0.3, -0.25) is 4.79 Å². The summed E-state index contributed by atoms with van der Waals surface area (Å²) < 4.78 is 24.3. The molecule has 1 fully saturated rings. The fourth-order valence-corrected chi connectivity index (χ4v) is 5.28. The summed E-state index contributed by atoms with van der Waals surface area (Å²) in [4.78, 5) is 13.6. The first-order valence-corrected chi connectivity index (χ1v) is 12.4. The van der Waals surface area contributed by atoms with Crippen molar-refractivity contribution in [3.63, 3.8) is 0 Å². The molecule has 0 spiro atoms. The number of fused-ring (bicyclic) bond motifs is 1. The van der Waals surface area contributed by atoms with Gasteiger partial charge in [0.15, 0.2) is 9.84 Å². The number of piperidine rings is 1. The quantitative estimate of drug-likeness (QED) is 0.650. The van der Waals surface area contributed by atoms with Gasteiger partial charge in [0.1, 0.15) is 0 Å². The number of nitrogens with one attached hydrogen (secondary N) is 2. The Morgan fingerprint density at radius 2 is 1.76 bits per heavy atom. The second kappa shape index (κ2) is 8.26. The number of carbonyl (C=O) groups excluding carboxylic acids is 1. The van der Waals surface area contributed by atoms with Crippen molar-refractivity contribution in [3.05, 3.63) is 53.4 Å². The Labute approximate surface area is 175 Å². The van der Waals surface area contributed by atoms with Gasteiger partial charge in [0.25, 0.3) is 5.91 Å². The van der Waals surface area contributed by atoms with Crippen LogP contribution in [0.25, 0.3) is 21.2 Å². The first-order chi connectivity index (χ1) is 13.9. The first-order valence-electron chi connectivity index (χ1n) is 9.73. The van der Waals surface area contributed by atoms with E-state index in [-0.39, 0.29) is 5.91 Å². The molecular formula is C22H24N2O3S2. The molecule has 1 amide bonds. The average Bonchev–Trinajstić information content (AvgIpc) is 3.16. The summed E-state index contributed by atoms with van der Waals surface area (Å²) in [5.41, 5.74) is 1.95. The molecule has 7 heteroatoms. The van der Waals surface area contributed by atoms with Crippen LogP contribution in [0.15, 0.2) is 53.4 Å². The van der Waals surface area contributed by atoms with Gasteiger partial charge < -0.3 is 10.6 Å². The van der Waals surface area contributed by atoms with E-state index in [1.165, 1.54) is 17.6 Å². The number of rotatable bonds is 5. The van der Waals surface area contributed by atoms with E-state index in [2.05, 4.69) is 16.7 Å². The lowest BCUT2D eigenvalue weighted by Crippen LogP contribution is -2.35. The van der Waals surface area contributed by atoms with E-state index < -0.39 is 9.84 Å². The van der Waals surface area contributed by atoms with Gasteiger partial charge in [-0.2, -0.15) is 0 Å². The fourth-order valence-electron chi connectivity index (χ4n) is 3.63. The maximum atomic E-state index is 12.6. The largest absolute Gasteiger partial charge is 0.351 e. The molecular weight excluding hydrogens is 404 g/mol. The van der Waals surface area contributed by atoms with E-state index in [0.29, 0.717) is 10.8 Å². The zero-order valence-corrected chi connectivity index (χ0v) is 17.9. The summed E-state index contributed by atoms with van der Waals surface area (Å²) in [5.74, 6) is 0.542. The molecule has 3 aromatic rings. The number of amides is 1. The van der Waals surface area contributed by atoms with Crippen molar-refractivity contribution in [1.82, 2.24) is 10.6 Å². The Kier molecular flexibility index (Phi) is 5.72. The summed E-state index contributed by atoms with van der Waals surface area (Å²) in [5, 5.41) is 7.46. The van der Waals surface area contributed by atoms with Crippen molar-refractivity contribution in [2.75, 3.05) is 25.9 Å². The van der Waals surface area contributed by atoms with Gasteiger partial charge in [-0.25, -0.2) is 8.42 Å². The molecule has 2 N–H and O–H groups in total. The highest BCUT2D eigenvalue weighted by Crippen LogP contribution is 2.31. The minimum Gasteiger partial charge on any atom is -0.351 e. The van der Waals surface area contributed by atoms with Gasteiger partial charge in [0.2, 0.25) is 0 Å². The summed E-state index contributed by atoms with van der Waals surface area (Å²) in [6.45, 7) is 2.78. The summed E-state index contributed by atoms with van der Waals surface area (Å²) >= 11 is 1.49. The Morgan fingerprint density at radius 1 is 1.07 bits per heavy atom. The van der Waals surface area contributed by atoms with E-state index in [1.54, 1.807) is 12.1 Å².